The summed E-state index contributed by atoms with van der Waals surface area (Å²) in [6.45, 7) is 0.178. The molecule has 0 radical (unpaired) electrons. The van der Waals surface area contributed by atoms with Crippen molar-refractivity contribution in [2.45, 2.75) is 11.4 Å². The second-order valence-corrected chi connectivity index (χ2v) is 8.35. The molecule has 0 aliphatic carbocycles. The fraction of sp³-hybridized carbons (Fsp3) is 0.158. The van der Waals surface area contributed by atoms with Crippen LogP contribution in [-0.2, 0) is 16.6 Å². The van der Waals surface area contributed by atoms with Crippen LogP contribution >= 0.6 is 0 Å². The first-order valence-electron chi connectivity index (χ1n) is 8.30. The van der Waals surface area contributed by atoms with Crippen LogP contribution in [0.3, 0.4) is 0 Å². The summed E-state index contributed by atoms with van der Waals surface area (Å²) in [5.74, 6) is -0.905. The third-order valence-corrected chi connectivity index (χ3v) is 5.84. The molecule has 0 fully saturated rings. The Balaban J connectivity index is 1.65. The molecule has 0 spiro atoms. The van der Waals surface area contributed by atoms with Crippen LogP contribution in [0.2, 0.25) is 0 Å². The van der Waals surface area contributed by atoms with Crippen LogP contribution in [0.1, 0.15) is 16.1 Å². The summed E-state index contributed by atoms with van der Waals surface area (Å²) in [5.41, 5.74) is 1.57. The maximum atomic E-state index is 13.3. The number of hydrogen-bond donors (Lipinski definition) is 1. The molecule has 2 aromatic carbocycles. The maximum Gasteiger partial charge on any atom is 0.290 e. The van der Waals surface area contributed by atoms with E-state index < -0.39 is 21.7 Å². The van der Waals surface area contributed by atoms with Crippen LogP contribution in [0.4, 0.5) is 4.39 Å². The summed E-state index contributed by atoms with van der Waals surface area (Å²) in [5, 5.41) is 6.45. The lowest BCUT2D eigenvalue weighted by Crippen LogP contribution is -2.23. The number of amides is 1. The van der Waals surface area contributed by atoms with Crippen molar-refractivity contribution < 1.29 is 22.1 Å². The number of halogens is 1. The highest BCUT2D eigenvalue weighted by Crippen LogP contribution is 2.20. The van der Waals surface area contributed by atoms with E-state index in [2.05, 4.69) is 10.5 Å². The smallest absolute Gasteiger partial charge is 0.290 e. The second kappa shape index (κ2) is 7.91. The average Bonchev–Trinajstić information content (AvgIpc) is 3.16. The molecule has 146 valence electrons. The van der Waals surface area contributed by atoms with Gasteiger partial charge in [-0.05, 0) is 29.8 Å². The van der Waals surface area contributed by atoms with Crippen molar-refractivity contribution >= 4 is 15.9 Å². The highest BCUT2D eigenvalue weighted by atomic mass is 32.2. The molecule has 1 aromatic heterocycles. The average molecular weight is 403 g/mol. The molecule has 0 atom stereocenters. The minimum absolute atomic E-state index is 0.00827. The number of nitrogens with one attached hydrogen (secondary N) is 1. The number of hydrogen-bond acceptors (Lipinski definition) is 5. The number of carbonyl (C=O) groups excluding carboxylic acids is 1. The van der Waals surface area contributed by atoms with E-state index in [0.717, 1.165) is 9.87 Å². The van der Waals surface area contributed by atoms with E-state index in [1.54, 1.807) is 24.3 Å². The number of aromatic nitrogens is 1. The van der Waals surface area contributed by atoms with Crippen LogP contribution in [0.5, 0.6) is 0 Å². The molecule has 3 aromatic rings. The van der Waals surface area contributed by atoms with Gasteiger partial charge in [0.1, 0.15) is 11.5 Å². The molecule has 1 N–H and O–H groups in total. The van der Waals surface area contributed by atoms with Gasteiger partial charge in [-0.15, -0.1) is 0 Å². The van der Waals surface area contributed by atoms with Gasteiger partial charge in [0.15, 0.2) is 0 Å². The molecule has 1 amide bonds. The van der Waals surface area contributed by atoms with Crippen molar-refractivity contribution in [1.29, 1.82) is 0 Å². The summed E-state index contributed by atoms with van der Waals surface area (Å²) in [4.78, 5) is 12.4. The number of carbonyl (C=O) groups is 1. The molecular formula is C19H18FN3O4S. The van der Waals surface area contributed by atoms with Crippen molar-refractivity contribution in [3.8, 4) is 11.3 Å². The highest BCUT2D eigenvalue weighted by Gasteiger charge is 2.17. The Morgan fingerprint density at radius 3 is 2.50 bits per heavy atom. The molecule has 0 unspecified atom stereocenters. The Morgan fingerprint density at radius 2 is 1.86 bits per heavy atom. The van der Waals surface area contributed by atoms with Crippen molar-refractivity contribution in [1.82, 2.24) is 14.8 Å². The normalized spacial score (nSPS) is 11.6. The van der Waals surface area contributed by atoms with Gasteiger partial charge in [0.2, 0.25) is 15.8 Å². The SMILES string of the molecule is CN(C)S(=O)(=O)c1ccc(CNC(=O)c2cc(-c3cccc(F)c3)no2)cc1. The lowest BCUT2D eigenvalue weighted by atomic mass is 10.1. The zero-order valence-corrected chi connectivity index (χ0v) is 16.0. The summed E-state index contributed by atoms with van der Waals surface area (Å²) >= 11 is 0. The Labute approximate surface area is 161 Å². The Bertz CT molecular complexity index is 1090. The summed E-state index contributed by atoms with van der Waals surface area (Å²) < 4.78 is 43.5. The minimum atomic E-state index is -3.50. The molecule has 0 saturated heterocycles. The van der Waals surface area contributed by atoms with Crippen LogP contribution in [0.25, 0.3) is 11.3 Å². The molecule has 0 aliphatic heterocycles. The number of benzene rings is 2. The predicted molar refractivity (Wildman–Crippen MR) is 100 cm³/mol. The van der Waals surface area contributed by atoms with Gasteiger partial charge in [0.05, 0.1) is 4.90 Å². The van der Waals surface area contributed by atoms with E-state index in [-0.39, 0.29) is 17.2 Å². The van der Waals surface area contributed by atoms with E-state index in [4.69, 9.17) is 4.52 Å². The molecule has 28 heavy (non-hydrogen) atoms. The molecule has 0 bridgehead atoms. The van der Waals surface area contributed by atoms with Gasteiger partial charge in [0, 0.05) is 32.3 Å². The fourth-order valence-electron chi connectivity index (χ4n) is 2.43. The minimum Gasteiger partial charge on any atom is -0.350 e. The lowest BCUT2D eigenvalue weighted by molar-refractivity contribution is 0.0914. The maximum absolute atomic E-state index is 13.3. The van der Waals surface area contributed by atoms with Gasteiger partial charge in [-0.3, -0.25) is 4.79 Å². The van der Waals surface area contributed by atoms with E-state index in [0.29, 0.717) is 11.3 Å². The predicted octanol–water partition coefficient (Wildman–Crippen LogP) is 2.66. The van der Waals surface area contributed by atoms with Gasteiger partial charge >= 0.3 is 0 Å². The van der Waals surface area contributed by atoms with Gasteiger partial charge in [-0.25, -0.2) is 17.1 Å². The number of sulfonamides is 1. The number of nitrogens with zero attached hydrogens (tertiary/aromatic N) is 2. The first-order chi connectivity index (χ1) is 13.3. The first kappa shape index (κ1) is 19.7. The molecule has 1 heterocycles. The Hall–Kier alpha value is -3.04. The largest absolute Gasteiger partial charge is 0.350 e. The molecule has 0 saturated carbocycles. The quantitative estimate of drug-likeness (QED) is 0.683. The zero-order valence-electron chi connectivity index (χ0n) is 15.2. The molecule has 7 nitrogen and oxygen atoms in total. The van der Waals surface area contributed by atoms with Crippen molar-refractivity contribution in [2.24, 2.45) is 0 Å². The highest BCUT2D eigenvalue weighted by molar-refractivity contribution is 7.89. The lowest BCUT2D eigenvalue weighted by Gasteiger charge is -2.11. The van der Waals surface area contributed by atoms with E-state index >= 15 is 0 Å². The summed E-state index contributed by atoms with van der Waals surface area (Å²) in [6.07, 6.45) is 0. The van der Waals surface area contributed by atoms with Crippen LogP contribution in [0, 0.1) is 5.82 Å². The molecule has 9 heteroatoms. The van der Waals surface area contributed by atoms with Crippen molar-refractivity contribution in [2.75, 3.05) is 14.1 Å². The number of rotatable bonds is 6. The van der Waals surface area contributed by atoms with Gasteiger partial charge in [-0.2, -0.15) is 0 Å². The fourth-order valence-corrected chi connectivity index (χ4v) is 3.33. The van der Waals surface area contributed by atoms with Crippen LogP contribution < -0.4 is 5.32 Å². The summed E-state index contributed by atoms with van der Waals surface area (Å²) in [7, 11) is -0.584. The van der Waals surface area contributed by atoms with Crippen LogP contribution in [0.15, 0.2) is 64.0 Å². The molecule has 3 rings (SSSR count). The third-order valence-electron chi connectivity index (χ3n) is 4.01. The second-order valence-electron chi connectivity index (χ2n) is 6.20. The Kier molecular flexibility index (Phi) is 5.57. The standard InChI is InChI=1S/C19H18FN3O4S/c1-23(2)28(25,26)16-8-6-13(7-9-16)12-21-19(24)18-11-17(22-27-18)14-4-3-5-15(20)10-14/h3-11H,12H2,1-2H3,(H,21,24). The topological polar surface area (TPSA) is 92.5 Å². The van der Waals surface area contributed by atoms with Gasteiger partial charge in [-0.1, -0.05) is 29.4 Å². The van der Waals surface area contributed by atoms with Crippen molar-refractivity contribution in [3.05, 3.63) is 71.7 Å². The van der Waals surface area contributed by atoms with E-state index in [1.807, 2.05) is 0 Å². The molecular weight excluding hydrogens is 385 g/mol. The monoisotopic (exact) mass is 403 g/mol. The van der Waals surface area contributed by atoms with Crippen molar-refractivity contribution in [3.63, 3.8) is 0 Å². The first-order valence-corrected chi connectivity index (χ1v) is 9.74. The van der Waals surface area contributed by atoms with E-state index in [9.17, 15) is 17.6 Å². The van der Waals surface area contributed by atoms with E-state index in [1.165, 1.54) is 44.4 Å². The van der Waals surface area contributed by atoms with Gasteiger partial charge in [0.25, 0.3) is 5.91 Å². The zero-order chi connectivity index (χ0) is 20.3. The Morgan fingerprint density at radius 1 is 1.14 bits per heavy atom. The molecule has 0 aliphatic rings. The van der Waals surface area contributed by atoms with Gasteiger partial charge < -0.3 is 9.84 Å². The summed E-state index contributed by atoms with van der Waals surface area (Å²) in [6, 6.07) is 13.4. The van der Waals surface area contributed by atoms with Crippen LogP contribution in [-0.4, -0.2) is 37.9 Å². The third kappa shape index (κ3) is 4.26.